The normalized spacial score (nSPS) is 9.25. The molecule has 0 aliphatic rings. The fourth-order valence-corrected chi connectivity index (χ4v) is 1.52. The van der Waals surface area contributed by atoms with Crippen molar-refractivity contribution in [1.82, 2.24) is 5.32 Å². The third kappa shape index (κ3) is 6.07. The van der Waals surface area contributed by atoms with E-state index in [4.69, 9.17) is 4.74 Å². The summed E-state index contributed by atoms with van der Waals surface area (Å²) in [7, 11) is 1.47. The van der Waals surface area contributed by atoms with Crippen LogP contribution in [-0.2, 0) is 16.0 Å². The quantitative estimate of drug-likeness (QED) is 0.606. The van der Waals surface area contributed by atoms with E-state index in [1.54, 1.807) is 0 Å². The van der Waals surface area contributed by atoms with E-state index >= 15 is 0 Å². The fourth-order valence-electron chi connectivity index (χ4n) is 1.52. The number of methoxy groups -OCH3 is 1. The first-order valence-corrected chi connectivity index (χ1v) is 6.31. The van der Waals surface area contributed by atoms with Crippen LogP contribution in [0.1, 0.15) is 5.56 Å². The van der Waals surface area contributed by atoms with Crippen LogP contribution >= 0.6 is 0 Å². The van der Waals surface area contributed by atoms with Crippen molar-refractivity contribution in [2.24, 2.45) is 0 Å². The topological polar surface area (TPSA) is 47.6 Å². The highest BCUT2D eigenvalue weighted by Crippen LogP contribution is 2.18. The van der Waals surface area contributed by atoms with Crippen molar-refractivity contribution in [2.45, 2.75) is 6.42 Å². The molecule has 20 heavy (non-hydrogen) atoms. The van der Waals surface area contributed by atoms with Crippen molar-refractivity contribution in [3.8, 4) is 17.6 Å². The Morgan fingerprint density at radius 1 is 1.40 bits per heavy atom. The summed E-state index contributed by atoms with van der Waals surface area (Å²) < 4.78 is 10.3. The molecule has 0 aromatic heterocycles. The molecule has 1 aromatic carbocycles. The third-order valence-electron chi connectivity index (χ3n) is 2.41. The first kappa shape index (κ1) is 15.8. The van der Waals surface area contributed by atoms with Crippen LogP contribution in [0.2, 0.25) is 0 Å². The van der Waals surface area contributed by atoms with Crippen LogP contribution < -0.4 is 10.1 Å². The van der Waals surface area contributed by atoms with Crippen molar-refractivity contribution in [3.63, 3.8) is 0 Å². The fraction of sp³-hybridized carbons (Fsp3) is 0.312. The van der Waals surface area contributed by atoms with E-state index in [0.717, 1.165) is 17.7 Å². The number of rotatable bonds is 7. The van der Waals surface area contributed by atoms with Gasteiger partial charge in [0.05, 0.1) is 6.54 Å². The Morgan fingerprint density at radius 2 is 2.20 bits per heavy atom. The highest BCUT2D eigenvalue weighted by Gasteiger charge is 1.99. The second-order valence-corrected chi connectivity index (χ2v) is 3.95. The van der Waals surface area contributed by atoms with Crippen LogP contribution in [0, 0.1) is 11.8 Å². The lowest BCUT2D eigenvalue weighted by Crippen LogP contribution is -2.27. The second kappa shape index (κ2) is 9.65. The van der Waals surface area contributed by atoms with Crippen LogP contribution in [0.25, 0.3) is 0 Å². The first-order chi connectivity index (χ1) is 9.77. The molecule has 0 unspecified atom stereocenters. The molecule has 0 radical (unpaired) electrons. The van der Waals surface area contributed by atoms with E-state index in [1.165, 1.54) is 7.11 Å². The average molecular weight is 273 g/mol. The molecule has 0 aliphatic carbocycles. The van der Waals surface area contributed by atoms with E-state index in [-0.39, 0.29) is 19.1 Å². The summed E-state index contributed by atoms with van der Waals surface area (Å²) in [4.78, 5) is 11.1. The van der Waals surface area contributed by atoms with Gasteiger partial charge >= 0.3 is 0 Å². The van der Waals surface area contributed by atoms with Gasteiger partial charge in [0.15, 0.2) is 0 Å². The molecule has 0 atom stereocenters. The standard InChI is InChI=1S/C16H19NO3/c1-3-8-14-9-4-5-10-15(14)20-12-7-6-11-17-16(18)13-19-2/h3-5,9-10H,1,8,11-13H2,2H3,(H,17,18). The molecule has 4 heteroatoms. The molecule has 1 N–H and O–H groups in total. The largest absolute Gasteiger partial charge is 0.481 e. The number of amides is 1. The molecule has 0 spiro atoms. The van der Waals surface area contributed by atoms with Gasteiger partial charge in [-0.2, -0.15) is 0 Å². The molecule has 4 nitrogen and oxygen atoms in total. The molecule has 0 aliphatic heterocycles. The summed E-state index contributed by atoms with van der Waals surface area (Å²) in [5, 5.41) is 2.61. The van der Waals surface area contributed by atoms with E-state index in [9.17, 15) is 4.79 Å². The van der Waals surface area contributed by atoms with Crippen molar-refractivity contribution < 1.29 is 14.3 Å². The summed E-state index contributed by atoms with van der Waals surface area (Å²) in [6.07, 6.45) is 2.59. The van der Waals surface area contributed by atoms with Crippen LogP contribution in [0.15, 0.2) is 36.9 Å². The second-order valence-electron chi connectivity index (χ2n) is 3.95. The zero-order chi connectivity index (χ0) is 14.6. The molecule has 0 bridgehead atoms. The van der Waals surface area contributed by atoms with Gasteiger partial charge in [-0.3, -0.25) is 4.79 Å². The van der Waals surface area contributed by atoms with Gasteiger partial charge in [-0.25, -0.2) is 0 Å². The molecule has 0 fully saturated rings. The lowest BCUT2D eigenvalue weighted by atomic mass is 10.1. The predicted molar refractivity (Wildman–Crippen MR) is 78.5 cm³/mol. The van der Waals surface area contributed by atoms with Gasteiger partial charge in [0, 0.05) is 7.11 Å². The Morgan fingerprint density at radius 3 is 2.95 bits per heavy atom. The molecule has 106 valence electrons. The Balaban J connectivity index is 2.34. The molecule has 1 amide bonds. The maximum Gasteiger partial charge on any atom is 0.246 e. The van der Waals surface area contributed by atoms with Crippen LogP contribution in [0.4, 0.5) is 0 Å². The monoisotopic (exact) mass is 273 g/mol. The van der Waals surface area contributed by atoms with Crippen LogP contribution in [-0.4, -0.2) is 32.8 Å². The maximum atomic E-state index is 11.1. The highest BCUT2D eigenvalue weighted by molar-refractivity contribution is 5.77. The van der Waals surface area contributed by atoms with Gasteiger partial charge < -0.3 is 14.8 Å². The molecule has 0 heterocycles. The van der Waals surface area contributed by atoms with Gasteiger partial charge in [-0.1, -0.05) is 36.1 Å². The minimum Gasteiger partial charge on any atom is -0.481 e. The zero-order valence-electron chi connectivity index (χ0n) is 11.6. The molecule has 0 saturated heterocycles. The van der Waals surface area contributed by atoms with Gasteiger partial charge in [0.2, 0.25) is 5.91 Å². The molecular formula is C16H19NO3. The van der Waals surface area contributed by atoms with E-state index in [1.807, 2.05) is 30.3 Å². The number of para-hydroxylation sites is 1. The summed E-state index contributed by atoms with van der Waals surface area (Å²) in [5.41, 5.74) is 1.08. The number of allylic oxidation sites excluding steroid dienone is 1. The highest BCUT2D eigenvalue weighted by atomic mass is 16.5. The number of carbonyl (C=O) groups excluding carboxylic acids is 1. The lowest BCUT2D eigenvalue weighted by molar-refractivity contribution is -0.124. The maximum absolute atomic E-state index is 11.1. The van der Waals surface area contributed by atoms with Crippen molar-refractivity contribution in [2.75, 3.05) is 26.9 Å². The third-order valence-corrected chi connectivity index (χ3v) is 2.41. The van der Waals surface area contributed by atoms with Gasteiger partial charge in [0.25, 0.3) is 0 Å². The molecule has 0 saturated carbocycles. The van der Waals surface area contributed by atoms with Crippen LogP contribution in [0.5, 0.6) is 5.75 Å². The van der Waals surface area contributed by atoms with Crippen molar-refractivity contribution in [1.29, 1.82) is 0 Å². The minimum absolute atomic E-state index is 0.0487. The summed E-state index contributed by atoms with van der Waals surface area (Å²) in [5.74, 6) is 6.29. The Hall–Kier alpha value is -2.25. The summed E-state index contributed by atoms with van der Waals surface area (Å²) in [6, 6.07) is 7.78. The molecular weight excluding hydrogens is 254 g/mol. The minimum atomic E-state index is -0.181. The zero-order valence-corrected chi connectivity index (χ0v) is 11.6. The van der Waals surface area contributed by atoms with Crippen molar-refractivity contribution >= 4 is 5.91 Å². The number of hydrogen-bond donors (Lipinski definition) is 1. The Labute approximate surface area is 119 Å². The Bertz CT molecular complexity index is 500. The number of benzene rings is 1. The van der Waals surface area contributed by atoms with Gasteiger partial charge in [-0.15, -0.1) is 6.58 Å². The van der Waals surface area contributed by atoms with Crippen LogP contribution in [0.3, 0.4) is 0 Å². The van der Waals surface area contributed by atoms with Gasteiger partial charge in [0.1, 0.15) is 19.0 Å². The van der Waals surface area contributed by atoms with Crippen molar-refractivity contribution in [3.05, 3.63) is 42.5 Å². The van der Waals surface area contributed by atoms with Gasteiger partial charge in [-0.05, 0) is 18.1 Å². The first-order valence-electron chi connectivity index (χ1n) is 6.31. The number of ether oxygens (including phenoxy) is 2. The predicted octanol–water partition coefficient (Wildman–Crippen LogP) is 1.56. The number of nitrogens with one attached hydrogen (secondary N) is 1. The molecule has 1 rings (SSSR count). The lowest BCUT2D eigenvalue weighted by Gasteiger charge is -2.07. The van der Waals surface area contributed by atoms with E-state index < -0.39 is 0 Å². The number of hydrogen-bond acceptors (Lipinski definition) is 3. The van der Waals surface area contributed by atoms with E-state index in [0.29, 0.717) is 6.54 Å². The number of carbonyl (C=O) groups is 1. The summed E-state index contributed by atoms with van der Waals surface area (Å²) >= 11 is 0. The SMILES string of the molecule is C=CCc1ccccc1OCC#CCNC(=O)COC. The average Bonchev–Trinajstić information content (AvgIpc) is 2.45. The molecule has 1 aromatic rings. The smallest absolute Gasteiger partial charge is 0.246 e. The summed E-state index contributed by atoms with van der Waals surface area (Å²) in [6.45, 7) is 4.34. The van der Waals surface area contributed by atoms with E-state index in [2.05, 4.69) is 28.5 Å². The Kier molecular flexibility index (Phi) is 7.63.